The second kappa shape index (κ2) is 7.12. The Labute approximate surface area is 145 Å². The van der Waals surface area contributed by atoms with Crippen LogP contribution in [0.4, 0.5) is 5.69 Å². The Morgan fingerprint density at radius 2 is 1.92 bits per heavy atom. The van der Waals surface area contributed by atoms with E-state index in [9.17, 15) is 9.90 Å². The molecule has 0 bridgehead atoms. The summed E-state index contributed by atoms with van der Waals surface area (Å²) >= 11 is 0. The van der Waals surface area contributed by atoms with E-state index in [0.29, 0.717) is 23.5 Å². The Bertz CT molecular complexity index is 876. The van der Waals surface area contributed by atoms with E-state index in [-0.39, 0.29) is 11.7 Å². The molecule has 1 atom stereocenters. The summed E-state index contributed by atoms with van der Waals surface area (Å²) in [6.45, 7) is 3.52. The van der Waals surface area contributed by atoms with Crippen LogP contribution in [0.1, 0.15) is 23.0 Å². The lowest BCUT2D eigenvalue weighted by Gasteiger charge is -2.18. The number of hydrogen-bond donors (Lipinski definition) is 2. The van der Waals surface area contributed by atoms with E-state index in [2.05, 4.69) is 20.8 Å². The second-order valence-electron chi connectivity index (χ2n) is 5.84. The van der Waals surface area contributed by atoms with E-state index in [1.54, 1.807) is 32.0 Å². The Hall–Kier alpha value is -3.22. The van der Waals surface area contributed by atoms with Crippen molar-refractivity contribution >= 4 is 11.6 Å². The number of hydrogen-bond acceptors (Lipinski definition) is 5. The second-order valence-corrected chi connectivity index (χ2v) is 5.84. The molecule has 7 heteroatoms. The van der Waals surface area contributed by atoms with Gasteiger partial charge >= 0.3 is 0 Å². The van der Waals surface area contributed by atoms with Gasteiger partial charge in [-0.25, -0.2) is 4.68 Å². The predicted octanol–water partition coefficient (Wildman–Crippen LogP) is 2.42. The topological polar surface area (TPSA) is 92.9 Å². The molecular weight excluding hydrogens is 318 g/mol. The van der Waals surface area contributed by atoms with Gasteiger partial charge in [0.25, 0.3) is 0 Å². The summed E-state index contributed by atoms with van der Waals surface area (Å²) in [4.78, 5) is 12.9. The number of nitrogens with zero attached hydrogens (tertiary/aromatic N) is 4. The van der Waals surface area contributed by atoms with Crippen LogP contribution in [0.25, 0.3) is 0 Å². The third-order valence-electron chi connectivity index (χ3n) is 4.02. The van der Waals surface area contributed by atoms with E-state index in [0.717, 1.165) is 5.56 Å². The van der Waals surface area contributed by atoms with Gasteiger partial charge in [0.05, 0.1) is 5.69 Å². The molecule has 1 unspecified atom stereocenters. The van der Waals surface area contributed by atoms with Gasteiger partial charge < -0.3 is 10.4 Å². The van der Waals surface area contributed by atoms with E-state index < -0.39 is 6.04 Å². The number of rotatable bonds is 5. The summed E-state index contributed by atoms with van der Waals surface area (Å²) in [6.07, 6.45) is 0.436. The molecule has 0 saturated carbocycles. The average Bonchev–Trinajstić information content (AvgIpc) is 3.03. The number of benzene rings is 2. The van der Waals surface area contributed by atoms with Crippen LogP contribution in [0.5, 0.6) is 5.75 Å². The third kappa shape index (κ3) is 3.65. The molecule has 128 valence electrons. The van der Waals surface area contributed by atoms with Crippen LogP contribution >= 0.6 is 0 Å². The van der Waals surface area contributed by atoms with Crippen molar-refractivity contribution < 1.29 is 9.90 Å². The fraction of sp³-hybridized carbons (Fsp3) is 0.222. The van der Waals surface area contributed by atoms with E-state index >= 15 is 0 Å². The first kappa shape index (κ1) is 16.6. The summed E-state index contributed by atoms with van der Waals surface area (Å²) in [5.41, 5.74) is 2.05. The molecule has 0 aliphatic rings. The van der Waals surface area contributed by atoms with Crippen LogP contribution in [0.2, 0.25) is 0 Å². The van der Waals surface area contributed by atoms with Crippen LogP contribution in [-0.2, 0) is 11.2 Å². The van der Waals surface area contributed by atoms with Crippen molar-refractivity contribution in [1.82, 2.24) is 20.2 Å². The molecule has 1 heterocycles. The lowest BCUT2D eigenvalue weighted by atomic mass is 10.0. The standard InChI is InChI=1S/C18H19N5O2/c1-12-7-6-10-15(17(12)24)19-18(25)16(23-13(2)20-21-22-23)11-14-8-4-3-5-9-14/h3-10,16,24H,11H2,1-2H3,(H,19,25). The minimum atomic E-state index is -0.627. The zero-order chi connectivity index (χ0) is 17.8. The number of carbonyl (C=O) groups is 1. The van der Waals surface area contributed by atoms with Crippen LogP contribution < -0.4 is 5.32 Å². The zero-order valence-electron chi connectivity index (χ0n) is 14.0. The summed E-state index contributed by atoms with van der Waals surface area (Å²) in [5.74, 6) is 0.312. The molecule has 0 aliphatic heterocycles. The Balaban J connectivity index is 1.90. The highest BCUT2D eigenvalue weighted by Gasteiger charge is 2.25. The quantitative estimate of drug-likeness (QED) is 0.698. The highest BCUT2D eigenvalue weighted by Crippen LogP contribution is 2.28. The SMILES string of the molecule is Cc1cccc(NC(=O)C(Cc2ccccc2)n2nnnc2C)c1O. The number of tetrazole rings is 1. The van der Waals surface area contributed by atoms with Crippen molar-refractivity contribution in [2.45, 2.75) is 26.3 Å². The molecule has 7 nitrogen and oxygen atoms in total. The normalized spacial score (nSPS) is 11.9. The summed E-state index contributed by atoms with van der Waals surface area (Å²) in [6, 6.07) is 14.2. The number of nitrogens with one attached hydrogen (secondary N) is 1. The van der Waals surface area contributed by atoms with Crippen molar-refractivity contribution in [3.63, 3.8) is 0 Å². The number of aromatic hydroxyl groups is 1. The van der Waals surface area contributed by atoms with Crippen LogP contribution in [0.3, 0.4) is 0 Å². The summed E-state index contributed by atoms with van der Waals surface area (Å²) in [7, 11) is 0. The number of amides is 1. The number of aromatic nitrogens is 4. The van der Waals surface area contributed by atoms with Crippen molar-refractivity contribution in [1.29, 1.82) is 0 Å². The molecule has 0 radical (unpaired) electrons. The van der Waals surface area contributed by atoms with Gasteiger partial charge in [-0.3, -0.25) is 4.79 Å². The number of para-hydroxylation sites is 1. The lowest BCUT2D eigenvalue weighted by molar-refractivity contribution is -0.119. The molecule has 1 amide bonds. The van der Waals surface area contributed by atoms with Gasteiger partial charge in [-0.05, 0) is 41.5 Å². The van der Waals surface area contributed by atoms with Gasteiger partial charge in [0.1, 0.15) is 17.6 Å². The molecule has 3 rings (SSSR count). The molecule has 25 heavy (non-hydrogen) atoms. The minimum absolute atomic E-state index is 0.0581. The van der Waals surface area contributed by atoms with Crippen molar-refractivity contribution in [3.8, 4) is 5.75 Å². The van der Waals surface area contributed by atoms with Gasteiger partial charge in [0, 0.05) is 6.42 Å². The van der Waals surface area contributed by atoms with Crippen molar-refractivity contribution in [2.75, 3.05) is 5.32 Å². The maximum absolute atomic E-state index is 12.9. The van der Waals surface area contributed by atoms with Gasteiger partial charge in [-0.2, -0.15) is 0 Å². The van der Waals surface area contributed by atoms with Crippen LogP contribution in [0, 0.1) is 13.8 Å². The number of aryl methyl sites for hydroxylation is 2. The monoisotopic (exact) mass is 337 g/mol. The molecular formula is C18H19N5O2. The maximum atomic E-state index is 12.9. The van der Waals surface area contributed by atoms with Gasteiger partial charge in [0.2, 0.25) is 5.91 Å². The Morgan fingerprint density at radius 3 is 2.60 bits per heavy atom. The molecule has 0 fully saturated rings. The lowest BCUT2D eigenvalue weighted by Crippen LogP contribution is -2.29. The van der Waals surface area contributed by atoms with Crippen molar-refractivity contribution in [3.05, 3.63) is 65.5 Å². The number of phenols is 1. The molecule has 2 N–H and O–H groups in total. The zero-order valence-corrected chi connectivity index (χ0v) is 14.0. The van der Waals surface area contributed by atoms with E-state index in [4.69, 9.17) is 0 Å². The Kier molecular flexibility index (Phi) is 4.74. The van der Waals surface area contributed by atoms with Crippen LogP contribution in [-0.4, -0.2) is 31.2 Å². The van der Waals surface area contributed by atoms with Gasteiger partial charge in [-0.1, -0.05) is 42.5 Å². The average molecular weight is 337 g/mol. The molecule has 0 saturated heterocycles. The minimum Gasteiger partial charge on any atom is -0.505 e. The fourth-order valence-electron chi connectivity index (χ4n) is 2.63. The van der Waals surface area contributed by atoms with Crippen LogP contribution in [0.15, 0.2) is 48.5 Å². The smallest absolute Gasteiger partial charge is 0.249 e. The highest BCUT2D eigenvalue weighted by molar-refractivity contribution is 5.95. The van der Waals surface area contributed by atoms with Gasteiger partial charge in [0.15, 0.2) is 0 Å². The first-order valence-electron chi connectivity index (χ1n) is 7.94. The largest absolute Gasteiger partial charge is 0.505 e. The Morgan fingerprint density at radius 1 is 1.16 bits per heavy atom. The highest BCUT2D eigenvalue weighted by atomic mass is 16.3. The summed E-state index contributed by atoms with van der Waals surface area (Å²) in [5, 5.41) is 24.4. The molecule has 3 aromatic rings. The number of phenolic OH excluding ortho intramolecular Hbond substituents is 1. The van der Waals surface area contributed by atoms with Gasteiger partial charge in [-0.15, -0.1) is 5.10 Å². The number of anilines is 1. The predicted molar refractivity (Wildman–Crippen MR) is 93.2 cm³/mol. The van der Waals surface area contributed by atoms with E-state index in [1.807, 2.05) is 30.3 Å². The summed E-state index contributed by atoms with van der Waals surface area (Å²) < 4.78 is 1.50. The fourth-order valence-corrected chi connectivity index (χ4v) is 2.63. The van der Waals surface area contributed by atoms with Crippen molar-refractivity contribution in [2.24, 2.45) is 0 Å². The first-order chi connectivity index (χ1) is 12.1. The molecule has 0 aliphatic carbocycles. The number of carbonyl (C=O) groups excluding carboxylic acids is 1. The van der Waals surface area contributed by atoms with E-state index in [1.165, 1.54) is 4.68 Å². The molecule has 0 spiro atoms. The molecule has 1 aromatic heterocycles. The first-order valence-corrected chi connectivity index (χ1v) is 7.94. The third-order valence-corrected chi connectivity index (χ3v) is 4.02. The maximum Gasteiger partial charge on any atom is 0.249 e. The molecule has 2 aromatic carbocycles.